The van der Waals surface area contributed by atoms with Crippen molar-refractivity contribution in [2.75, 3.05) is 39.2 Å². The summed E-state index contributed by atoms with van der Waals surface area (Å²) in [6.07, 6.45) is 0.0118. The Labute approximate surface area is 333 Å². The molecule has 8 atom stereocenters. The number of nitrogens with one attached hydrogen (secondary N) is 3. The van der Waals surface area contributed by atoms with Crippen LogP contribution in [-0.4, -0.2) is 86.5 Å². The van der Waals surface area contributed by atoms with Crippen molar-refractivity contribution in [3.05, 3.63) is 83.4 Å². The lowest BCUT2D eigenvalue weighted by molar-refractivity contribution is -0.176. The molecule has 0 unspecified atom stereocenters. The average molecular weight is 770 g/mol. The van der Waals surface area contributed by atoms with Crippen LogP contribution < -0.4 is 25.6 Å². The van der Waals surface area contributed by atoms with Gasteiger partial charge in [-0.2, -0.15) is 5.06 Å². The fourth-order valence-corrected chi connectivity index (χ4v) is 8.54. The smallest absolute Gasteiger partial charge is 0.251 e. The van der Waals surface area contributed by atoms with Crippen LogP contribution in [-0.2, 0) is 27.4 Å². The molecule has 11 heteroatoms. The molecule has 0 spiro atoms. The van der Waals surface area contributed by atoms with Gasteiger partial charge < -0.3 is 30.7 Å². The first kappa shape index (κ1) is 42.7. The second-order valence-electron chi connectivity index (χ2n) is 16.8. The van der Waals surface area contributed by atoms with Crippen LogP contribution in [0.1, 0.15) is 76.4 Å². The Kier molecular flexibility index (Phi) is 13.9. The SMILES string of the molecule is COc1c(CN2O[C@@H](CNC(C)=O)[C@@H]([C@H](C)O)[C@H]2C(=O)N[C@H]2C[C@@H](C)C(C)(C)[C@@H](C)[C@@H]2C)cccc1-c1cc(C(=O)NCCc2ccccc2)cc(N(C)C)c1. The number of carbonyl (C=O) groups excluding carboxylic acids is 3. The molecule has 0 bridgehead atoms. The molecule has 304 valence electrons. The Balaban J connectivity index is 1.46. The number of ether oxygens (including phenoxy) is 1. The molecule has 2 fully saturated rings. The van der Waals surface area contributed by atoms with Crippen molar-refractivity contribution in [2.45, 2.75) is 92.1 Å². The number of hydrogen-bond donors (Lipinski definition) is 4. The van der Waals surface area contributed by atoms with E-state index in [0.29, 0.717) is 29.7 Å². The summed E-state index contributed by atoms with van der Waals surface area (Å²) >= 11 is 0. The predicted molar refractivity (Wildman–Crippen MR) is 221 cm³/mol. The van der Waals surface area contributed by atoms with Crippen molar-refractivity contribution in [1.82, 2.24) is 21.0 Å². The van der Waals surface area contributed by atoms with Gasteiger partial charge in [0.25, 0.3) is 5.91 Å². The minimum atomic E-state index is -0.908. The van der Waals surface area contributed by atoms with Crippen LogP contribution in [0, 0.1) is 29.1 Å². The third kappa shape index (κ3) is 9.56. The highest BCUT2D eigenvalue weighted by atomic mass is 16.7. The molecule has 0 aromatic heterocycles. The molecule has 56 heavy (non-hydrogen) atoms. The maximum atomic E-state index is 14.5. The number of anilines is 1. The van der Waals surface area contributed by atoms with E-state index in [1.165, 1.54) is 6.92 Å². The minimum absolute atomic E-state index is 0.0435. The predicted octanol–water partition coefficient (Wildman–Crippen LogP) is 5.84. The first-order valence-electron chi connectivity index (χ1n) is 20.0. The zero-order chi connectivity index (χ0) is 40.9. The number of nitrogens with zero attached hydrogens (tertiary/aromatic N) is 2. The molecule has 0 radical (unpaired) electrons. The summed E-state index contributed by atoms with van der Waals surface area (Å²) in [5, 5.41) is 22.1. The second-order valence-corrected chi connectivity index (χ2v) is 16.8. The van der Waals surface area contributed by atoms with Gasteiger partial charge in [-0.3, -0.25) is 19.2 Å². The van der Waals surface area contributed by atoms with E-state index in [4.69, 9.17) is 9.57 Å². The number of aliphatic hydroxyl groups is 1. The molecule has 3 amide bonds. The fourth-order valence-electron chi connectivity index (χ4n) is 8.54. The van der Waals surface area contributed by atoms with Crippen LogP contribution in [0.5, 0.6) is 5.75 Å². The highest BCUT2D eigenvalue weighted by Gasteiger charge is 2.51. The van der Waals surface area contributed by atoms with E-state index < -0.39 is 24.2 Å². The summed E-state index contributed by atoms with van der Waals surface area (Å²) in [5.74, 6) is 0.361. The van der Waals surface area contributed by atoms with Crippen LogP contribution in [0.25, 0.3) is 11.1 Å². The van der Waals surface area contributed by atoms with Gasteiger partial charge in [0.05, 0.1) is 19.8 Å². The van der Waals surface area contributed by atoms with Gasteiger partial charge >= 0.3 is 0 Å². The summed E-state index contributed by atoms with van der Waals surface area (Å²) in [7, 11) is 5.48. The Morgan fingerprint density at radius 2 is 1.73 bits per heavy atom. The van der Waals surface area contributed by atoms with Gasteiger partial charge in [0.2, 0.25) is 11.8 Å². The number of hydrogen-bond acceptors (Lipinski definition) is 8. The number of benzene rings is 3. The lowest BCUT2D eigenvalue weighted by atomic mass is 9.58. The molecule has 1 saturated carbocycles. The first-order chi connectivity index (χ1) is 26.5. The third-order valence-electron chi connectivity index (χ3n) is 12.7. The molecule has 11 nitrogen and oxygen atoms in total. The molecule has 4 N–H and O–H groups in total. The molecular weight excluding hydrogens is 707 g/mol. The highest BCUT2D eigenvalue weighted by Crippen LogP contribution is 2.47. The number of rotatable bonds is 14. The molecule has 3 aromatic rings. The largest absolute Gasteiger partial charge is 0.496 e. The van der Waals surface area contributed by atoms with Crippen LogP contribution in [0.15, 0.2) is 66.7 Å². The van der Waals surface area contributed by atoms with Crippen molar-refractivity contribution in [2.24, 2.45) is 29.1 Å². The Morgan fingerprint density at radius 3 is 2.38 bits per heavy atom. The Hall–Kier alpha value is -4.45. The van der Waals surface area contributed by atoms with Crippen molar-refractivity contribution < 1.29 is 29.1 Å². The number of para-hydroxylation sites is 1. The van der Waals surface area contributed by atoms with Gasteiger partial charge in [-0.1, -0.05) is 83.1 Å². The standard InChI is InChI=1S/C45H63N5O6/c1-27-21-38(28(2)29(3)45(27,6)7)48-44(54)41-40(30(4)51)39(25-47-31(5)52)56-50(41)26-33-17-14-18-37(42(33)55-10)34-22-35(24-36(23-34)49(8)9)43(53)46-20-19-32-15-12-11-13-16-32/h11-18,22-24,27-30,38-41,51H,19-21,25-26H2,1-10H3,(H,46,53)(H,47,52)(H,48,54)/t27-,28+,29+,30+,38+,39+,40-,41+/m1/s1. The zero-order valence-corrected chi connectivity index (χ0v) is 34.9. The van der Waals surface area contributed by atoms with E-state index >= 15 is 0 Å². The first-order valence-corrected chi connectivity index (χ1v) is 20.0. The van der Waals surface area contributed by atoms with Gasteiger partial charge in [0.15, 0.2) is 0 Å². The monoisotopic (exact) mass is 769 g/mol. The van der Waals surface area contributed by atoms with Crippen LogP contribution >= 0.6 is 0 Å². The van der Waals surface area contributed by atoms with Crippen molar-refractivity contribution in [3.8, 4) is 16.9 Å². The normalized spacial score (nSPS) is 25.2. The van der Waals surface area contributed by atoms with Gasteiger partial charge in [-0.05, 0) is 72.3 Å². The van der Waals surface area contributed by atoms with Gasteiger partial charge in [0, 0.05) is 68.4 Å². The summed E-state index contributed by atoms with van der Waals surface area (Å²) < 4.78 is 6.11. The fraction of sp³-hybridized carbons (Fsp3) is 0.533. The van der Waals surface area contributed by atoms with E-state index in [0.717, 1.165) is 40.8 Å². The molecule has 3 aromatic carbocycles. The van der Waals surface area contributed by atoms with E-state index in [2.05, 4.69) is 50.6 Å². The molecule has 1 heterocycles. The van der Waals surface area contributed by atoms with Crippen molar-refractivity contribution >= 4 is 23.4 Å². The Bertz CT molecular complexity index is 1830. The van der Waals surface area contributed by atoms with Gasteiger partial charge in [0.1, 0.15) is 17.9 Å². The van der Waals surface area contributed by atoms with Gasteiger partial charge in [-0.15, -0.1) is 0 Å². The number of methoxy groups -OCH3 is 1. The van der Waals surface area contributed by atoms with E-state index in [9.17, 15) is 19.5 Å². The summed E-state index contributed by atoms with van der Waals surface area (Å²) in [4.78, 5) is 48.5. The average Bonchev–Trinajstić information content (AvgIpc) is 3.53. The van der Waals surface area contributed by atoms with Crippen LogP contribution in [0.2, 0.25) is 0 Å². The van der Waals surface area contributed by atoms with E-state index in [1.54, 1.807) is 19.1 Å². The molecule has 1 aliphatic carbocycles. The zero-order valence-electron chi connectivity index (χ0n) is 34.9. The quantitative estimate of drug-likeness (QED) is 0.161. The summed E-state index contributed by atoms with van der Waals surface area (Å²) in [6, 6.07) is 20.7. The van der Waals surface area contributed by atoms with Crippen molar-refractivity contribution in [1.29, 1.82) is 0 Å². The highest BCUT2D eigenvalue weighted by molar-refractivity contribution is 5.97. The van der Waals surface area contributed by atoms with Crippen LogP contribution in [0.3, 0.4) is 0 Å². The van der Waals surface area contributed by atoms with Crippen LogP contribution in [0.4, 0.5) is 5.69 Å². The van der Waals surface area contributed by atoms with Gasteiger partial charge in [-0.25, -0.2) is 0 Å². The molecular formula is C45H63N5O6. The lowest BCUT2D eigenvalue weighted by Gasteiger charge is -2.50. The Morgan fingerprint density at radius 1 is 1.02 bits per heavy atom. The second kappa shape index (κ2) is 18.2. The third-order valence-corrected chi connectivity index (χ3v) is 12.7. The number of hydroxylamine groups is 2. The summed E-state index contributed by atoms with van der Waals surface area (Å²) in [5.41, 5.74) is 4.99. The summed E-state index contributed by atoms with van der Waals surface area (Å²) in [6.45, 7) is 15.2. The number of aliphatic hydroxyl groups excluding tert-OH is 1. The lowest BCUT2D eigenvalue weighted by Crippen LogP contribution is -2.57. The maximum Gasteiger partial charge on any atom is 0.251 e. The number of carbonyl (C=O) groups is 3. The number of amides is 3. The molecule has 2 aliphatic rings. The van der Waals surface area contributed by atoms with E-state index in [-0.39, 0.29) is 48.2 Å². The molecule has 1 saturated heterocycles. The minimum Gasteiger partial charge on any atom is -0.496 e. The maximum absolute atomic E-state index is 14.5. The molecule has 1 aliphatic heterocycles. The van der Waals surface area contributed by atoms with E-state index in [1.807, 2.05) is 85.7 Å². The molecule has 5 rings (SSSR count). The van der Waals surface area contributed by atoms with Crippen molar-refractivity contribution in [3.63, 3.8) is 0 Å². The topological polar surface area (TPSA) is 132 Å².